The summed E-state index contributed by atoms with van der Waals surface area (Å²) in [5, 5.41) is 11.9. The highest BCUT2D eigenvalue weighted by Crippen LogP contribution is 2.33. The van der Waals surface area contributed by atoms with Crippen LogP contribution in [0.25, 0.3) is 33.3 Å². The monoisotopic (exact) mass is 1270 g/mol. The number of ether oxygens (including phenoxy) is 8. The van der Waals surface area contributed by atoms with Gasteiger partial charge in [0, 0.05) is 89.3 Å². The number of likely N-dealkylation sites (N-methyl/N-ethyl adjacent to an activating group) is 2. The van der Waals surface area contributed by atoms with Crippen LogP contribution in [0.1, 0.15) is 63.3 Å². The highest BCUT2D eigenvalue weighted by atomic mass is 16.6. The van der Waals surface area contributed by atoms with Gasteiger partial charge in [0.25, 0.3) is 11.8 Å². The van der Waals surface area contributed by atoms with Crippen LogP contribution in [0.2, 0.25) is 0 Å². The predicted molar refractivity (Wildman–Crippen MR) is 348 cm³/mol. The maximum Gasteiger partial charge on any atom is 0.277 e. The fourth-order valence-electron chi connectivity index (χ4n) is 10.9. The zero-order chi connectivity index (χ0) is 64.8. The number of morpholine rings is 2. The van der Waals surface area contributed by atoms with Crippen molar-refractivity contribution in [3.8, 4) is 11.3 Å². The predicted octanol–water partition coefficient (Wildman–Crippen LogP) is 4.16. The van der Waals surface area contributed by atoms with Gasteiger partial charge in [0.15, 0.2) is 17.0 Å². The van der Waals surface area contributed by atoms with Crippen LogP contribution in [0.5, 0.6) is 0 Å². The molecule has 3 saturated heterocycles. The van der Waals surface area contributed by atoms with Gasteiger partial charge in [-0.2, -0.15) is 15.1 Å². The van der Waals surface area contributed by atoms with Gasteiger partial charge in [-0.1, -0.05) is 24.3 Å². The van der Waals surface area contributed by atoms with Gasteiger partial charge in [0.2, 0.25) is 17.8 Å². The lowest BCUT2D eigenvalue weighted by Crippen LogP contribution is -2.44. The Hall–Kier alpha value is -7.86. The van der Waals surface area contributed by atoms with Crippen LogP contribution in [-0.2, 0) is 53.9 Å². The molecule has 4 N–H and O–H groups in total. The van der Waals surface area contributed by atoms with Crippen molar-refractivity contribution >= 4 is 69.0 Å². The first-order chi connectivity index (χ1) is 44.7. The molecular formula is C65H89N15O12. The van der Waals surface area contributed by atoms with Crippen LogP contribution in [0, 0.1) is 13.8 Å². The third-order valence-corrected chi connectivity index (χ3v) is 16.3. The average Bonchev–Trinajstić information content (AvgIpc) is 1.45. The zero-order valence-electron chi connectivity index (χ0n) is 53.9. The Bertz CT molecular complexity index is 3450. The summed E-state index contributed by atoms with van der Waals surface area (Å²) in [6.07, 6.45) is 6.52. The van der Waals surface area contributed by atoms with Crippen molar-refractivity contribution < 1.29 is 57.1 Å². The maximum absolute atomic E-state index is 13.9. The average molecular weight is 1270 g/mol. The van der Waals surface area contributed by atoms with Crippen LogP contribution < -0.4 is 26.2 Å². The molecule has 3 fully saturated rings. The first kappa shape index (κ1) is 68.5. The van der Waals surface area contributed by atoms with Crippen molar-refractivity contribution in [1.29, 1.82) is 0 Å². The summed E-state index contributed by atoms with van der Waals surface area (Å²) < 4.78 is 47.0. The fourth-order valence-corrected chi connectivity index (χ4v) is 10.9. The topological polar surface area (TPSA) is 291 Å². The van der Waals surface area contributed by atoms with Crippen molar-refractivity contribution in [2.24, 2.45) is 0 Å². The molecule has 27 nitrogen and oxygen atoms in total. The normalized spacial score (nSPS) is 16.3. The number of amides is 4. The number of hydrogen-bond acceptors (Lipinski definition) is 22. The van der Waals surface area contributed by atoms with Crippen LogP contribution in [0.3, 0.4) is 0 Å². The minimum Gasteiger partial charge on any atom is -0.383 e. The molecule has 2 aromatic carbocycles. The summed E-state index contributed by atoms with van der Waals surface area (Å²) in [5.74, 6) is 0.815. The second kappa shape index (κ2) is 34.7. The Labute approximate surface area is 537 Å². The molecule has 3 aliphatic rings. The molecule has 27 heteroatoms. The van der Waals surface area contributed by atoms with Crippen LogP contribution in [0.15, 0.2) is 67.0 Å². The molecule has 496 valence electrons. The minimum atomic E-state index is -0.468. The van der Waals surface area contributed by atoms with E-state index in [1.807, 2.05) is 63.4 Å². The summed E-state index contributed by atoms with van der Waals surface area (Å²) in [7, 11) is 5.41. The molecular weight excluding hydrogens is 1180 g/mol. The number of nitrogens with two attached hydrogens (primary N) is 1. The van der Waals surface area contributed by atoms with Gasteiger partial charge in [0.05, 0.1) is 141 Å². The van der Waals surface area contributed by atoms with E-state index < -0.39 is 5.91 Å². The Morgan fingerprint density at radius 1 is 0.761 bits per heavy atom. The summed E-state index contributed by atoms with van der Waals surface area (Å²) in [6.45, 7) is 18.2. The highest BCUT2D eigenvalue weighted by Gasteiger charge is 2.31. The molecule has 2 atom stereocenters. The third-order valence-electron chi connectivity index (χ3n) is 16.3. The minimum absolute atomic E-state index is 0.0134. The summed E-state index contributed by atoms with van der Waals surface area (Å²) >= 11 is 0. The first-order valence-electron chi connectivity index (χ1n) is 31.7. The number of aromatic nitrogens is 7. The van der Waals surface area contributed by atoms with E-state index in [0.29, 0.717) is 191 Å². The number of anilines is 4. The number of pyridine rings is 1. The van der Waals surface area contributed by atoms with E-state index in [4.69, 9.17) is 63.7 Å². The second-order valence-corrected chi connectivity index (χ2v) is 23.1. The number of piperidine rings is 1. The Kier molecular flexibility index (Phi) is 25.8. The van der Waals surface area contributed by atoms with Crippen molar-refractivity contribution in [1.82, 2.24) is 54.7 Å². The standard InChI is InChI=1S/C65H89N15O12/c1-45-43-92-29-24-79(45)61-52-15-17-54(70-60(52)72-65(73-61)77-22-27-86-28-23-77)49-10-7-11-50(40-49)63(83)67-18-25-85-30-32-88-34-36-90-38-39-91-37-35-89-33-31-87-26-21-76(6)19-9-13-55(81)78-20-8-12-51(42-78)80-62-57(59(66)68-44-69-62)58(74-80)64(84)71-53-16-14-48(46(2)47(53)3)41-56(82)75(4)5/h7,9-11,13-17,40,44-45,51H,8,12,18-39,41-43H2,1-6H3,(H,67,83)(H,71,84)(H2,66,68,69)/b13-9+. The van der Waals surface area contributed by atoms with Gasteiger partial charge < -0.3 is 78.8 Å². The van der Waals surface area contributed by atoms with E-state index in [9.17, 15) is 19.2 Å². The van der Waals surface area contributed by atoms with Crippen LogP contribution >= 0.6 is 0 Å². The summed E-state index contributed by atoms with van der Waals surface area (Å²) in [6, 6.07) is 14.9. The lowest BCUT2D eigenvalue weighted by molar-refractivity contribution is -0.128. The molecule has 0 aliphatic carbocycles. The highest BCUT2D eigenvalue weighted by molar-refractivity contribution is 6.13. The Morgan fingerprint density at radius 2 is 1.46 bits per heavy atom. The van der Waals surface area contributed by atoms with Crippen molar-refractivity contribution in [2.75, 3.05) is 200 Å². The number of nitrogens with one attached hydrogen (secondary N) is 2. The first-order valence-corrected chi connectivity index (χ1v) is 31.7. The number of benzene rings is 2. The molecule has 0 radical (unpaired) electrons. The lowest BCUT2D eigenvalue weighted by Gasteiger charge is -2.35. The van der Waals surface area contributed by atoms with Crippen molar-refractivity contribution in [2.45, 2.75) is 52.1 Å². The molecule has 4 aromatic heterocycles. The molecule has 7 heterocycles. The molecule has 2 unspecified atom stereocenters. The fraction of sp³-hybridized carbons (Fsp3) is 0.538. The number of nitrogen functional groups attached to an aromatic ring is 1. The van der Waals surface area contributed by atoms with Gasteiger partial charge in [-0.15, -0.1) is 0 Å². The molecule has 3 aliphatic heterocycles. The van der Waals surface area contributed by atoms with E-state index in [1.54, 1.807) is 46.8 Å². The zero-order valence-corrected chi connectivity index (χ0v) is 53.9. The Morgan fingerprint density at radius 3 is 2.16 bits per heavy atom. The Balaban J connectivity index is 0.571. The lowest BCUT2D eigenvalue weighted by atomic mass is 9.98. The number of rotatable bonds is 33. The van der Waals surface area contributed by atoms with Gasteiger partial charge in [-0.3, -0.25) is 19.2 Å². The number of carbonyl (C=O) groups excluding carboxylic acids is 4. The number of hydrogen-bond donors (Lipinski definition) is 3. The molecule has 4 amide bonds. The van der Waals surface area contributed by atoms with Crippen LogP contribution in [-0.4, -0.2) is 258 Å². The molecule has 0 bridgehead atoms. The van der Waals surface area contributed by atoms with Gasteiger partial charge in [0.1, 0.15) is 18.0 Å². The SMILES string of the molecule is Cc1c(CC(=O)N(C)C)ccc(NC(=O)c2nn(C3CCCN(C(=O)/C=C/CN(C)CCOCCOCCOCCOCCOCCOCCNC(=O)c4cccc(-c5ccc6c(N7CCOCC7C)nc(N7CCOCC7)nc6n5)c4)C3)c3ncnc(N)c23)c1C. The molecule has 9 rings (SSSR count). The van der Waals surface area contributed by atoms with E-state index in [1.165, 1.54) is 6.33 Å². The van der Waals surface area contributed by atoms with Crippen molar-refractivity contribution in [3.63, 3.8) is 0 Å². The van der Waals surface area contributed by atoms with E-state index in [0.717, 1.165) is 52.8 Å². The quantitative estimate of drug-likeness (QED) is 0.0385. The maximum atomic E-state index is 13.9. The second-order valence-electron chi connectivity index (χ2n) is 23.1. The third kappa shape index (κ3) is 18.9. The molecule has 6 aromatic rings. The number of likely N-dealkylation sites (tertiary alicyclic amines) is 1. The van der Waals surface area contributed by atoms with Crippen molar-refractivity contribution in [3.05, 3.63) is 95.0 Å². The van der Waals surface area contributed by atoms with E-state index in [2.05, 4.69) is 42.2 Å². The smallest absolute Gasteiger partial charge is 0.277 e. The van der Waals surface area contributed by atoms with Crippen LogP contribution in [0.4, 0.5) is 23.3 Å². The van der Waals surface area contributed by atoms with Gasteiger partial charge in [-0.05, 0) is 87.7 Å². The van der Waals surface area contributed by atoms with E-state index in [-0.39, 0.29) is 47.7 Å². The molecule has 0 saturated carbocycles. The van der Waals surface area contributed by atoms with Gasteiger partial charge in [-0.25, -0.2) is 19.6 Å². The molecule has 0 spiro atoms. The summed E-state index contributed by atoms with van der Waals surface area (Å²) in [4.78, 5) is 86.3. The molecule has 92 heavy (non-hydrogen) atoms. The van der Waals surface area contributed by atoms with E-state index >= 15 is 0 Å². The summed E-state index contributed by atoms with van der Waals surface area (Å²) in [5.41, 5.74) is 12.7. The van der Waals surface area contributed by atoms with Gasteiger partial charge >= 0.3 is 0 Å². The number of fused-ring (bicyclic) bond motifs is 2. The number of carbonyl (C=O) groups is 4. The largest absolute Gasteiger partial charge is 0.383 e. The number of nitrogens with zero attached hydrogens (tertiary/aromatic N) is 12.